The predicted octanol–water partition coefficient (Wildman–Crippen LogP) is 3.20. The lowest BCUT2D eigenvalue weighted by Crippen LogP contribution is -2.31. The van der Waals surface area contributed by atoms with Crippen molar-refractivity contribution < 1.29 is 9.72 Å². The summed E-state index contributed by atoms with van der Waals surface area (Å²) in [6.45, 7) is 2.35. The highest BCUT2D eigenvalue weighted by atomic mass is 79.9. The zero-order valence-corrected chi connectivity index (χ0v) is 12.9. The molecule has 1 amide bonds. The lowest BCUT2D eigenvalue weighted by Gasteiger charge is -2.14. The number of nitrogens with one attached hydrogen (secondary N) is 1. The topological polar surface area (TPSA) is 72.2 Å². The predicted molar refractivity (Wildman–Crippen MR) is 80.2 cm³/mol. The zero-order valence-electron chi connectivity index (χ0n) is 11.3. The number of amides is 1. The molecule has 1 aromatic carbocycles. The van der Waals surface area contributed by atoms with Gasteiger partial charge in [-0.1, -0.05) is 22.4 Å². The SMILES string of the molecule is Cc1cc(C(=O)NCC2CCCC2Br)cc([N+](=O)[O-])c1. The van der Waals surface area contributed by atoms with Gasteiger partial charge in [-0.05, 0) is 37.3 Å². The first-order valence-electron chi connectivity index (χ1n) is 6.65. The minimum absolute atomic E-state index is 0.0469. The molecule has 0 aliphatic heterocycles. The van der Waals surface area contributed by atoms with Crippen LogP contribution in [-0.2, 0) is 0 Å². The van der Waals surface area contributed by atoms with Gasteiger partial charge < -0.3 is 5.32 Å². The molecule has 2 unspecified atom stereocenters. The molecular formula is C14H17BrN2O3. The minimum Gasteiger partial charge on any atom is -0.352 e. The first kappa shape index (κ1) is 15.0. The van der Waals surface area contributed by atoms with E-state index in [1.165, 1.54) is 18.6 Å². The van der Waals surface area contributed by atoms with E-state index in [-0.39, 0.29) is 11.6 Å². The van der Waals surface area contributed by atoms with Crippen LogP contribution in [0.2, 0.25) is 0 Å². The van der Waals surface area contributed by atoms with Gasteiger partial charge in [0.1, 0.15) is 0 Å². The normalized spacial score (nSPS) is 21.7. The van der Waals surface area contributed by atoms with Crippen molar-refractivity contribution in [2.75, 3.05) is 6.54 Å². The van der Waals surface area contributed by atoms with Crippen molar-refractivity contribution in [1.29, 1.82) is 0 Å². The number of halogens is 1. The van der Waals surface area contributed by atoms with Crippen LogP contribution >= 0.6 is 15.9 Å². The van der Waals surface area contributed by atoms with E-state index in [4.69, 9.17) is 0 Å². The van der Waals surface area contributed by atoms with Gasteiger partial charge in [0.25, 0.3) is 11.6 Å². The summed E-state index contributed by atoms with van der Waals surface area (Å²) in [6.07, 6.45) is 3.41. The number of nitro groups is 1. The molecule has 2 rings (SSSR count). The Kier molecular flexibility index (Phi) is 4.75. The molecule has 1 saturated carbocycles. The van der Waals surface area contributed by atoms with Crippen molar-refractivity contribution in [1.82, 2.24) is 5.32 Å². The van der Waals surface area contributed by atoms with Gasteiger partial charge in [-0.15, -0.1) is 0 Å². The van der Waals surface area contributed by atoms with Gasteiger partial charge in [-0.2, -0.15) is 0 Å². The third-order valence-electron chi connectivity index (χ3n) is 3.63. The minimum atomic E-state index is -0.477. The number of benzene rings is 1. The molecule has 6 heteroatoms. The van der Waals surface area contributed by atoms with Gasteiger partial charge >= 0.3 is 0 Å². The lowest BCUT2D eigenvalue weighted by atomic mass is 10.1. The zero-order chi connectivity index (χ0) is 14.7. The number of rotatable bonds is 4. The largest absolute Gasteiger partial charge is 0.352 e. The van der Waals surface area contributed by atoms with Crippen LogP contribution in [0.4, 0.5) is 5.69 Å². The van der Waals surface area contributed by atoms with E-state index < -0.39 is 4.92 Å². The first-order chi connectivity index (χ1) is 9.47. The fraction of sp³-hybridized carbons (Fsp3) is 0.500. The molecule has 0 bridgehead atoms. The van der Waals surface area contributed by atoms with Crippen LogP contribution in [0.15, 0.2) is 18.2 Å². The number of alkyl halides is 1. The molecule has 1 aliphatic rings. The number of aryl methyl sites for hydroxylation is 1. The molecule has 1 aromatic rings. The molecule has 2 atom stereocenters. The average molecular weight is 341 g/mol. The summed E-state index contributed by atoms with van der Waals surface area (Å²) in [5.74, 6) is 0.196. The number of hydrogen-bond acceptors (Lipinski definition) is 3. The Morgan fingerprint density at radius 3 is 2.80 bits per heavy atom. The van der Waals surface area contributed by atoms with Crippen LogP contribution in [-0.4, -0.2) is 22.2 Å². The Balaban J connectivity index is 2.03. The fourth-order valence-corrected chi connectivity index (χ4v) is 3.32. The number of nitro benzene ring substituents is 1. The molecule has 0 saturated heterocycles. The molecule has 5 nitrogen and oxygen atoms in total. The summed E-state index contributed by atoms with van der Waals surface area (Å²) in [4.78, 5) is 22.9. The highest BCUT2D eigenvalue weighted by Gasteiger charge is 2.25. The van der Waals surface area contributed by atoms with Crippen LogP contribution in [0.5, 0.6) is 0 Å². The van der Waals surface area contributed by atoms with Crippen LogP contribution in [0.1, 0.15) is 35.2 Å². The second-order valence-electron chi connectivity index (χ2n) is 5.23. The first-order valence-corrected chi connectivity index (χ1v) is 7.57. The molecule has 108 valence electrons. The van der Waals surface area contributed by atoms with Gasteiger partial charge in [-0.25, -0.2) is 0 Å². The maximum Gasteiger partial charge on any atom is 0.270 e. The Hall–Kier alpha value is -1.43. The molecule has 0 spiro atoms. The smallest absolute Gasteiger partial charge is 0.270 e. The third kappa shape index (κ3) is 3.56. The van der Waals surface area contributed by atoms with Crippen molar-refractivity contribution in [3.63, 3.8) is 0 Å². The number of nitrogens with zero attached hydrogens (tertiary/aromatic N) is 1. The average Bonchev–Trinajstić information content (AvgIpc) is 2.80. The van der Waals surface area contributed by atoms with E-state index in [1.54, 1.807) is 13.0 Å². The van der Waals surface area contributed by atoms with Crippen molar-refractivity contribution in [3.05, 3.63) is 39.4 Å². The standard InChI is InChI=1S/C14H17BrN2O3/c1-9-5-11(7-12(6-9)17(19)20)14(18)16-8-10-3-2-4-13(10)15/h5-7,10,13H,2-4,8H2,1H3,(H,16,18). The van der Waals surface area contributed by atoms with E-state index in [9.17, 15) is 14.9 Å². The maximum atomic E-state index is 12.1. The molecule has 1 N–H and O–H groups in total. The molecular weight excluding hydrogens is 324 g/mol. The molecule has 1 aliphatic carbocycles. The van der Waals surface area contributed by atoms with Gasteiger partial charge in [0, 0.05) is 29.1 Å². The van der Waals surface area contributed by atoms with E-state index >= 15 is 0 Å². The Bertz CT molecular complexity index is 533. The summed E-state index contributed by atoms with van der Waals surface area (Å²) in [5.41, 5.74) is 1.01. The monoisotopic (exact) mass is 340 g/mol. The Morgan fingerprint density at radius 1 is 1.45 bits per heavy atom. The van der Waals surface area contributed by atoms with Crippen LogP contribution in [0, 0.1) is 23.0 Å². The molecule has 0 heterocycles. The molecule has 20 heavy (non-hydrogen) atoms. The van der Waals surface area contributed by atoms with Crippen LogP contribution in [0.25, 0.3) is 0 Å². The van der Waals surface area contributed by atoms with E-state index in [0.717, 1.165) is 12.8 Å². The number of non-ortho nitro benzene ring substituents is 1. The van der Waals surface area contributed by atoms with Crippen molar-refractivity contribution in [3.8, 4) is 0 Å². The number of hydrogen-bond donors (Lipinski definition) is 1. The summed E-state index contributed by atoms with van der Waals surface area (Å²) in [5, 5.41) is 13.7. The van der Waals surface area contributed by atoms with Gasteiger partial charge in [0.05, 0.1) is 4.92 Å². The second kappa shape index (κ2) is 6.35. The van der Waals surface area contributed by atoms with Crippen molar-refractivity contribution in [2.45, 2.75) is 31.0 Å². The van der Waals surface area contributed by atoms with E-state index in [0.29, 0.717) is 28.4 Å². The highest BCUT2D eigenvalue weighted by molar-refractivity contribution is 9.09. The quantitative estimate of drug-likeness (QED) is 0.519. The summed E-state index contributed by atoms with van der Waals surface area (Å²) in [6, 6.07) is 4.45. The summed E-state index contributed by atoms with van der Waals surface area (Å²) < 4.78 is 0. The second-order valence-corrected chi connectivity index (χ2v) is 6.41. The van der Waals surface area contributed by atoms with Crippen molar-refractivity contribution in [2.24, 2.45) is 5.92 Å². The maximum absolute atomic E-state index is 12.1. The summed E-state index contributed by atoms with van der Waals surface area (Å²) in [7, 11) is 0. The van der Waals surface area contributed by atoms with Crippen LogP contribution < -0.4 is 5.32 Å². The van der Waals surface area contributed by atoms with Crippen molar-refractivity contribution >= 4 is 27.5 Å². The lowest BCUT2D eigenvalue weighted by molar-refractivity contribution is -0.384. The van der Waals surface area contributed by atoms with Gasteiger partial charge in [0.15, 0.2) is 0 Å². The van der Waals surface area contributed by atoms with Crippen LogP contribution in [0.3, 0.4) is 0 Å². The van der Waals surface area contributed by atoms with E-state index in [2.05, 4.69) is 21.2 Å². The van der Waals surface area contributed by atoms with Gasteiger partial charge in [-0.3, -0.25) is 14.9 Å². The van der Waals surface area contributed by atoms with Gasteiger partial charge in [0.2, 0.25) is 0 Å². The van der Waals surface area contributed by atoms with E-state index in [1.807, 2.05) is 0 Å². The fourth-order valence-electron chi connectivity index (χ4n) is 2.55. The molecule has 0 radical (unpaired) electrons. The molecule has 1 fully saturated rings. The summed E-state index contributed by atoms with van der Waals surface area (Å²) >= 11 is 3.61. The third-order valence-corrected chi connectivity index (χ3v) is 4.83. The highest BCUT2D eigenvalue weighted by Crippen LogP contribution is 2.30. The molecule has 0 aromatic heterocycles. The number of carbonyl (C=O) groups excluding carboxylic acids is 1. The Labute approximate surface area is 126 Å². The number of carbonyl (C=O) groups is 1. The Morgan fingerprint density at radius 2 is 2.20 bits per heavy atom.